The fourth-order valence-corrected chi connectivity index (χ4v) is 5.69. The zero-order chi connectivity index (χ0) is 21.4. The molecule has 1 saturated heterocycles. The van der Waals surface area contributed by atoms with E-state index in [4.69, 9.17) is 4.43 Å². The Labute approximate surface area is 177 Å². The van der Waals surface area contributed by atoms with Crippen molar-refractivity contribution in [3.8, 4) is 5.75 Å². The first-order valence-corrected chi connectivity index (χ1v) is 14.6. The maximum Gasteiger partial charge on any atom is 0.250 e. The second-order valence-electron chi connectivity index (χ2n) is 9.65. The van der Waals surface area contributed by atoms with E-state index in [1.165, 1.54) is 5.56 Å². The fourth-order valence-electron chi connectivity index (χ4n) is 3.40. The Morgan fingerprint density at radius 3 is 1.93 bits per heavy atom. The molecule has 0 spiro atoms. The molecule has 29 heavy (non-hydrogen) atoms. The third kappa shape index (κ3) is 4.76. The van der Waals surface area contributed by atoms with Crippen molar-refractivity contribution in [1.29, 1.82) is 0 Å². The van der Waals surface area contributed by atoms with Crippen molar-refractivity contribution in [2.24, 2.45) is 0 Å². The molecule has 0 amide bonds. The molecule has 2 aromatic carbocycles. The minimum Gasteiger partial charge on any atom is -0.544 e. The lowest BCUT2D eigenvalue weighted by molar-refractivity contribution is 0.411. The summed E-state index contributed by atoms with van der Waals surface area (Å²) in [5.41, 5.74) is 1.21. The van der Waals surface area contributed by atoms with E-state index in [1.54, 1.807) is 36.4 Å². The predicted molar refractivity (Wildman–Crippen MR) is 121 cm³/mol. The van der Waals surface area contributed by atoms with Gasteiger partial charge in [-0.25, -0.2) is 8.42 Å². The van der Waals surface area contributed by atoms with E-state index in [0.29, 0.717) is 15.7 Å². The molecule has 1 aliphatic heterocycles. The SMILES string of the molecule is CN1CCC(c2ccc(S(=O)(=O)c3ccc(O[Si](C)(C)C(C)(C)C)cc3)cc2)C1. The predicted octanol–water partition coefficient (Wildman–Crippen LogP) is 5.32. The molecule has 0 N–H and O–H groups in total. The number of benzene rings is 2. The van der Waals surface area contributed by atoms with Gasteiger partial charge in [0.1, 0.15) is 5.75 Å². The largest absolute Gasteiger partial charge is 0.544 e. The second kappa shape index (κ2) is 7.89. The minimum atomic E-state index is -3.53. The van der Waals surface area contributed by atoms with Gasteiger partial charge in [0.05, 0.1) is 9.79 Å². The van der Waals surface area contributed by atoms with Crippen LogP contribution in [0.2, 0.25) is 18.1 Å². The summed E-state index contributed by atoms with van der Waals surface area (Å²) >= 11 is 0. The Hall–Kier alpha value is -1.63. The van der Waals surface area contributed by atoms with Gasteiger partial charge >= 0.3 is 0 Å². The third-order valence-electron chi connectivity index (χ3n) is 6.37. The molecule has 1 fully saturated rings. The van der Waals surface area contributed by atoms with Gasteiger partial charge < -0.3 is 9.33 Å². The van der Waals surface area contributed by atoms with Crippen LogP contribution >= 0.6 is 0 Å². The maximum absolute atomic E-state index is 13.0. The monoisotopic (exact) mass is 431 g/mol. The van der Waals surface area contributed by atoms with Gasteiger partial charge in [0.2, 0.25) is 18.2 Å². The first-order valence-electron chi connectivity index (χ1n) is 10.2. The molecule has 0 bridgehead atoms. The Kier molecular flexibility index (Phi) is 6.00. The van der Waals surface area contributed by atoms with Crippen molar-refractivity contribution < 1.29 is 12.8 Å². The number of likely N-dealkylation sites (N-methyl/N-ethyl adjacent to an activating group) is 1. The molecular formula is C23H33NO3SSi. The van der Waals surface area contributed by atoms with Crippen molar-refractivity contribution >= 4 is 18.2 Å². The zero-order valence-electron chi connectivity index (χ0n) is 18.4. The lowest BCUT2D eigenvalue weighted by Crippen LogP contribution is -2.43. The summed E-state index contributed by atoms with van der Waals surface area (Å²) in [7, 11) is -3.36. The lowest BCUT2D eigenvalue weighted by atomic mass is 9.99. The maximum atomic E-state index is 13.0. The molecule has 1 heterocycles. The van der Waals surface area contributed by atoms with E-state index in [-0.39, 0.29) is 5.04 Å². The van der Waals surface area contributed by atoms with E-state index < -0.39 is 18.2 Å². The molecular weight excluding hydrogens is 398 g/mol. The average Bonchev–Trinajstić information content (AvgIpc) is 3.07. The number of sulfone groups is 1. The standard InChI is InChI=1S/C23H33NO3SSi/c1-23(2,3)29(5,6)27-20-9-13-22(14-10-20)28(25,26)21-11-7-18(8-12-21)19-15-16-24(4)17-19/h7-14,19H,15-17H2,1-6H3. The van der Waals surface area contributed by atoms with Crippen LogP contribution in [-0.4, -0.2) is 41.8 Å². The van der Waals surface area contributed by atoms with Gasteiger partial charge in [-0.1, -0.05) is 32.9 Å². The highest BCUT2D eigenvalue weighted by atomic mass is 32.2. The van der Waals surface area contributed by atoms with Gasteiger partial charge in [-0.2, -0.15) is 0 Å². The molecule has 3 rings (SSSR count). The lowest BCUT2D eigenvalue weighted by Gasteiger charge is -2.36. The first kappa shape index (κ1) is 22.1. The normalized spacial score (nSPS) is 18.8. The Bertz CT molecular complexity index is 945. The number of hydrogen-bond acceptors (Lipinski definition) is 4. The summed E-state index contributed by atoms with van der Waals surface area (Å²) < 4.78 is 32.3. The number of rotatable bonds is 5. The average molecular weight is 432 g/mol. The fraction of sp³-hybridized carbons (Fsp3) is 0.478. The molecule has 0 aromatic heterocycles. The van der Waals surface area contributed by atoms with Crippen LogP contribution in [0.1, 0.15) is 38.7 Å². The Balaban J connectivity index is 1.77. The van der Waals surface area contributed by atoms with E-state index in [2.05, 4.69) is 45.8 Å². The molecule has 2 aromatic rings. The topological polar surface area (TPSA) is 46.6 Å². The van der Waals surface area contributed by atoms with E-state index in [9.17, 15) is 8.42 Å². The summed E-state index contributed by atoms with van der Waals surface area (Å²) in [5.74, 6) is 1.22. The molecule has 0 aliphatic carbocycles. The third-order valence-corrected chi connectivity index (χ3v) is 12.5. The van der Waals surface area contributed by atoms with E-state index in [0.717, 1.165) is 25.3 Å². The molecule has 4 nitrogen and oxygen atoms in total. The highest BCUT2D eigenvalue weighted by Crippen LogP contribution is 2.37. The van der Waals surface area contributed by atoms with E-state index in [1.807, 2.05) is 12.1 Å². The summed E-state index contributed by atoms with van der Waals surface area (Å²) in [6.07, 6.45) is 1.12. The smallest absolute Gasteiger partial charge is 0.250 e. The molecule has 1 atom stereocenters. The van der Waals surface area contributed by atoms with Crippen molar-refractivity contribution in [2.45, 2.75) is 61.0 Å². The molecule has 0 saturated carbocycles. The van der Waals surface area contributed by atoms with Crippen LogP contribution in [0.15, 0.2) is 58.3 Å². The summed E-state index contributed by atoms with van der Waals surface area (Å²) in [6, 6.07) is 14.3. The molecule has 0 radical (unpaired) electrons. The summed E-state index contributed by atoms with van der Waals surface area (Å²) in [4.78, 5) is 2.95. The Morgan fingerprint density at radius 1 is 0.966 bits per heavy atom. The highest BCUT2D eigenvalue weighted by molar-refractivity contribution is 7.91. The van der Waals surface area contributed by atoms with Crippen molar-refractivity contribution in [2.75, 3.05) is 20.1 Å². The molecule has 6 heteroatoms. The van der Waals surface area contributed by atoms with Crippen LogP contribution in [0.4, 0.5) is 0 Å². The van der Waals surface area contributed by atoms with Crippen molar-refractivity contribution in [1.82, 2.24) is 4.90 Å². The van der Waals surface area contributed by atoms with E-state index >= 15 is 0 Å². The summed E-state index contributed by atoms with van der Waals surface area (Å²) in [5, 5.41) is 0.0909. The quantitative estimate of drug-likeness (QED) is 0.601. The molecule has 158 valence electrons. The number of hydrogen-bond donors (Lipinski definition) is 0. The van der Waals surface area contributed by atoms with Gasteiger partial charge in [0.25, 0.3) is 0 Å². The molecule has 1 unspecified atom stereocenters. The highest BCUT2D eigenvalue weighted by Gasteiger charge is 2.39. The van der Waals surface area contributed by atoms with Gasteiger partial charge in [-0.05, 0) is 86.0 Å². The van der Waals surface area contributed by atoms with Crippen molar-refractivity contribution in [3.63, 3.8) is 0 Å². The zero-order valence-corrected chi connectivity index (χ0v) is 20.2. The van der Waals surface area contributed by atoms with Gasteiger partial charge in [-0.15, -0.1) is 0 Å². The Morgan fingerprint density at radius 2 is 1.48 bits per heavy atom. The van der Waals surface area contributed by atoms with Crippen molar-refractivity contribution in [3.05, 3.63) is 54.1 Å². The van der Waals surface area contributed by atoms with Gasteiger partial charge in [-0.3, -0.25) is 0 Å². The first-order chi connectivity index (χ1) is 13.4. The van der Waals surface area contributed by atoms with Gasteiger partial charge in [0, 0.05) is 6.54 Å². The van der Waals surface area contributed by atoms with Crippen LogP contribution < -0.4 is 4.43 Å². The van der Waals surface area contributed by atoms with Crippen LogP contribution in [0.3, 0.4) is 0 Å². The number of likely N-dealkylation sites (tertiary alicyclic amines) is 1. The number of nitrogens with zero attached hydrogens (tertiary/aromatic N) is 1. The van der Waals surface area contributed by atoms with Crippen LogP contribution in [0.5, 0.6) is 5.75 Å². The minimum absolute atomic E-state index is 0.0909. The van der Waals surface area contributed by atoms with Crippen LogP contribution in [0, 0.1) is 0 Å². The van der Waals surface area contributed by atoms with Crippen LogP contribution in [-0.2, 0) is 9.84 Å². The summed E-state index contributed by atoms with van der Waals surface area (Å²) in [6.45, 7) is 13.0. The van der Waals surface area contributed by atoms with Gasteiger partial charge in [0.15, 0.2) is 0 Å². The van der Waals surface area contributed by atoms with Crippen LogP contribution in [0.25, 0.3) is 0 Å². The molecule has 1 aliphatic rings. The second-order valence-corrected chi connectivity index (χ2v) is 16.3.